The number of carbonyl (C=O) groups is 4. The monoisotopic (exact) mass is 396 g/mol. The standard InChI is InChI=1S/C18H18ClFN2O5/c19-13-7-10(20)5-6-14(13)21-15(23)9-27-16(24)8-22-17(25)11-3-1-2-4-12(11)18(22)26/h5-7,11-12H,1-4,8-9H2,(H,21,23)/t11-,12-/m0/s1. The zero-order valence-corrected chi connectivity index (χ0v) is 15.1. The largest absolute Gasteiger partial charge is 0.454 e. The molecule has 2 fully saturated rings. The second-order valence-corrected chi connectivity index (χ2v) is 7.00. The summed E-state index contributed by atoms with van der Waals surface area (Å²) in [6, 6.07) is 3.44. The summed E-state index contributed by atoms with van der Waals surface area (Å²) in [5.74, 6) is -3.45. The number of likely N-dealkylation sites (tertiary alicyclic amines) is 1. The molecule has 0 bridgehead atoms. The summed E-state index contributed by atoms with van der Waals surface area (Å²) in [4.78, 5) is 49.3. The van der Waals surface area contributed by atoms with Gasteiger partial charge in [0, 0.05) is 0 Å². The van der Waals surface area contributed by atoms with Crippen molar-refractivity contribution in [3.05, 3.63) is 29.0 Å². The van der Waals surface area contributed by atoms with Crippen molar-refractivity contribution in [3.63, 3.8) is 0 Å². The van der Waals surface area contributed by atoms with E-state index in [4.69, 9.17) is 16.3 Å². The molecule has 3 rings (SSSR count). The van der Waals surface area contributed by atoms with Gasteiger partial charge in [-0.15, -0.1) is 0 Å². The molecule has 1 saturated heterocycles. The highest BCUT2D eigenvalue weighted by molar-refractivity contribution is 6.33. The molecule has 0 radical (unpaired) electrons. The summed E-state index contributed by atoms with van der Waals surface area (Å²) in [7, 11) is 0. The lowest BCUT2D eigenvalue weighted by atomic mass is 9.81. The van der Waals surface area contributed by atoms with Gasteiger partial charge < -0.3 is 10.1 Å². The van der Waals surface area contributed by atoms with Gasteiger partial charge in [0.15, 0.2) is 6.61 Å². The van der Waals surface area contributed by atoms with Crippen LogP contribution < -0.4 is 5.32 Å². The molecule has 9 heteroatoms. The molecule has 1 aliphatic carbocycles. The summed E-state index contributed by atoms with van der Waals surface area (Å²) in [5.41, 5.74) is 0.174. The minimum Gasteiger partial charge on any atom is -0.454 e. The number of fused-ring (bicyclic) bond motifs is 1. The number of nitrogens with zero attached hydrogens (tertiary/aromatic N) is 1. The molecule has 1 N–H and O–H groups in total. The Balaban J connectivity index is 1.50. The van der Waals surface area contributed by atoms with Gasteiger partial charge in [0.05, 0.1) is 22.5 Å². The number of benzene rings is 1. The highest BCUT2D eigenvalue weighted by Crippen LogP contribution is 2.37. The molecule has 2 aliphatic rings. The number of carbonyl (C=O) groups excluding carboxylic acids is 4. The third kappa shape index (κ3) is 4.27. The van der Waals surface area contributed by atoms with E-state index in [9.17, 15) is 23.6 Å². The fourth-order valence-electron chi connectivity index (χ4n) is 3.48. The molecule has 1 aromatic rings. The zero-order chi connectivity index (χ0) is 19.6. The molecular formula is C18H18ClFN2O5. The normalized spacial score (nSPS) is 21.8. The van der Waals surface area contributed by atoms with E-state index in [-0.39, 0.29) is 34.4 Å². The van der Waals surface area contributed by atoms with Crippen LogP contribution in [0.5, 0.6) is 0 Å². The van der Waals surface area contributed by atoms with Crippen molar-refractivity contribution in [2.24, 2.45) is 11.8 Å². The van der Waals surface area contributed by atoms with Crippen molar-refractivity contribution in [2.45, 2.75) is 25.7 Å². The third-order valence-electron chi connectivity index (χ3n) is 4.79. The van der Waals surface area contributed by atoms with Crippen molar-refractivity contribution in [3.8, 4) is 0 Å². The molecular weight excluding hydrogens is 379 g/mol. The fraction of sp³-hybridized carbons (Fsp3) is 0.444. The van der Waals surface area contributed by atoms with Crippen LogP contribution >= 0.6 is 11.6 Å². The Labute approximate surface area is 159 Å². The molecule has 27 heavy (non-hydrogen) atoms. The van der Waals surface area contributed by atoms with Gasteiger partial charge in [-0.2, -0.15) is 0 Å². The van der Waals surface area contributed by atoms with Gasteiger partial charge in [-0.3, -0.25) is 24.1 Å². The van der Waals surface area contributed by atoms with Crippen LogP contribution in [0.4, 0.5) is 10.1 Å². The first kappa shape index (κ1) is 19.3. The van der Waals surface area contributed by atoms with E-state index in [1.54, 1.807) is 0 Å². The van der Waals surface area contributed by atoms with Gasteiger partial charge in [0.1, 0.15) is 12.4 Å². The van der Waals surface area contributed by atoms with Gasteiger partial charge in [-0.25, -0.2) is 4.39 Å². The lowest BCUT2D eigenvalue weighted by molar-refractivity contribution is -0.154. The number of esters is 1. The van der Waals surface area contributed by atoms with Gasteiger partial charge in [-0.1, -0.05) is 24.4 Å². The Bertz CT molecular complexity index is 776. The smallest absolute Gasteiger partial charge is 0.326 e. The molecule has 144 valence electrons. The van der Waals surface area contributed by atoms with Gasteiger partial charge in [0.2, 0.25) is 11.8 Å². The molecule has 1 aliphatic heterocycles. The van der Waals surface area contributed by atoms with Crippen LogP contribution in [0.25, 0.3) is 0 Å². The number of ether oxygens (including phenoxy) is 1. The van der Waals surface area contributed by atoms with Crippen LogP contribution in [0.2, 0.25) is 5.02 Å². The minimum absolute atomic E-state index is 0.00513. The zero-order valence-electron chi connectivity index (χ0n) is 14.4. The van der Waals surface area contributed by atoms with Crippen LogP contribution in [0.3, 0.4) is 0 Å². The predicted molar refractivity (Wildman–Crippen MR) is 93.2 cm³/mol. The summed E-state index contributed by atoms with van der Waals surface area (Å²) >= 11 is 5.80. The Hall–Kier alpha value is -2.48. The average Bonchev–Trinajstić information content (AvgIpc) is 2.88. The lowest BCUT2D eigenvalue weighted by Gasteiger charge is -2.19. The highest BCUT2D eigenvalue weighted by Gasteiger charge is 2.48. The topological polar surface area (TPSA) is 92.8 Å². The molecule has 1 aromatic carbocycles. The maximum Gasteiger partial charge on any atom is 0.326 e. The Kier molecular flexibility index (Phi) is 5.74. The first-order valence-electron chi connectivity index (χ1n) is 8.62. The molecule has 0 aromatic heterocycles. The van der Waals surface area contributed by atoms with E-state index in [1.165, 1.54) is 6.07 Å². The van der Waals surface area contributed by atoms with Crippen molar-refractivity contribution in [2.75, 3.05) is 18.5 Å². The number of hydrogen-bond donors (Lipinski definition) is 1. The molecule has 7 nitrogen and oxygen atoms in total. The molecule has 0 spiro atoms. The third-order valence-corrected chi connectivity index (χ3v) is 5.10. The molecule has 0 unspecified atom stereocenters. The van der Waals surface area contributed by atoms with Crippen LogP contribution in [-0.2, 0) is 23.9 Å². The summed E-state index contributed by atoms with van der Waals surface area (Å²) < 4.78 is 17.8. The minimum atomic E-state index is -0.851. The Morgan fingerprint density at radius 1 is 1.19 bits per heavy atom. The Morgan fingerprint density at radius 3 is 2.41 bits per heavy atom. The molecule has 1 saturated carbocycles. The van der Waals surface area contributed by atoms with Gasteiger partial charge in [-0.05, 0) is 31.0 Å². The summed E-state index contributed by atoms with van der Waals surface area (Å²) in [5, 5.41) is 2.39. The second kappa shape index (κ2) is 8.04. The average molecular weight is 397 g/mol. The van der Waals surface area contributed by atoms with Crippen LogP contribution in [-0.4, -0.2) is 41.7 Å². The van der Waals surface area contributed by atoms with Gasteiger partial charge in [0.25, 0.3) is 5.91 Å². The number of hydrogen-bond acceptors (Lipinski definition) is 5. The first-order valence-corrected chi connectivity index (χ1v) is 9.00. The fourth-order valence-corrected chi connectivity index (χ4v) is 3.70. The van der Waals surface area contributed by atoms with Crippen molar-refractivity contribution in [1.82, 2.24) is 4.90 Å². The molecule has 3 amide bonds. The number of halogens is 2. The maximum atomic E-state index is 13.0. The quantitative estimate of drug-likeness (QED) is 0.608. The Morgan fingerprint density at radius 2 is 1.81 bits per heavy atom. The van der Waals surface area contributed by atoms with E-state index in [1.807, 2.05) is 0 Å². The SMILES string of the molecule is O=C(COC(=O)CN1C(=O)[C@H]2CCCC[C@@H]2C1=O)Nc1ccc(F)cc1Cl. The maximum absolute atomic E-state index is 13.0. The van der Waals surface area contributed by atoms with E-state index < -0.39 is 30.8 Å². The van der Waals surface area contributed by atoms with Crippen LogP contribution in [0.15, 0.2) is 18.2 Å². The number of nitrogens with one attached hydrogen (secondary N) is 1. The summed E-state index contributed by atoms with van der Waals surface area (Å²) in [6.07, 6.45) is 3.10. The number of amides is 3. The number of anilines is 1. The van der Waals surface area contributed by atoms with E-state index in [2.05, 4.69) is 5.32 Å². The van der Waals surface area contributed by atoms with Gasteiger partial charge >= 0.3 is 5.97 Å². The summed E-state index contributed by atoms with van der Waals surface area (Å²) in [6.45, 7) is -1.12. The van der Waals surface area contributed by atoms with Crippen molar-refractivity contribution < 1.29 is 28.3 Å². The van der Waals surface area contributed by atoms with E-state index >= 15 is 0 Å². The van der Waals surface area contributed by atoms with Crippen molar-refractivity contribution >= 4 is 41.0 Å². The lowest BCUT2D eigenvalue weighted by Crippen LogP contribution is -2.37. The second-order valence-electron chi connectivity index (χ2n) is 6.59. The molecule has 2 atom stereocenters. The van der Waals surface area contributed by atoms with E-state index in [0.717, 1.165) is 29.9 Å². The number of imide groups is 1. The predicted octanol–water partition coefficient (Wildman–Crippen LogP) is 2.14. The van der Waals surface area contributed by atoms with Crippen LogP contribution in [0.1, 0.15) is 25.7 Å². The molecule has 1 heterocycles. The highest BCUT2D eigenvalue weighted by atomic mass is 35.5. The van der Waals surface area contributed by atoms with Crippen LogP contribution in [0, 0.1) is 17.7 Å². The van der Waals surface area contributed by atoms with Crippen molar-refractivity contribution in [1.29, 1.82) is 0 Å². The van der Waals surface area contributed by atoms with E-state index in [0.29, 0.717) is 12.8 Å². The first-order chi connectivity index (χ1) is 12.9. The number of rotatable bonds is 5.